The van der Waals surface area contributed by atoms with Gasteiger partial charge in [0.2, 0.25) is 0 Å². The molecule has 0 spiro atoms. The molecule has 27 heavy (non-hydrogen) atoms. The first kappa shape index (κ1) is 18.0. The molecule has 0 saturated carbocycles. The van der Waals surface area contributed by atoms with E-state index < -0.39 is 5.97 Å². The van der Waals surface area contributed by atoms with Gasteiger partial charge in [-0.25, -0.2) is 9.78 Å². The van der Waals surface area contributed by atoms with Gasteiger partial charge in [0, 0.05) is 17.1 Å². The highest BCUT2D eigenvalue weighted by molar-refractivity contribution is 7.17. The Morgan fingerprint density at radius 1 is 1.33 bits per heavy atom. The fourth-order valence-corrected chi connectivity index (χ4v) is 5.14. The van der Waals surface area contributed by atoms with Crippen molar-refractivity contribution in [3.63, 3.8) is 0 Å². The summed E-state index contributed by atoms with van der Waals surface area (Å²) >= 11 is 1.64. The number of anilines is 1. The number of aromatic nitrogens is 2. The summed E-state index contributed by atoms with van der Waals surface area (Å²) in [6.45, 7) is 7.48. The fraction of sp³-hybridized carbons (Fsp3) is 0.429. The molecule has 6 heteroatoms. The van der Waals surface area contributed by atoms with Crippen molar-refractivity contribution in [1.82, 2.24) is 9.38 Å². The van der Waals surface area contributed by atoms with Crippen molar-refractivity contribution in [2.75, 3.05) is 5.32 Å². The average Bonchev–Trinajstić information content (AvgIpc) is 3.15. The lowest BCUT2D eigenvalue weighted by Crippen LogP contribution is -2.26. The summed E-state index contributed by atoms with van der Waals surface area (Å²) < 4.78 is 2.05. The van der Waals surface area contributed by atoms with E-state index in [2.05, 4.69) is 31.1 Å². The second-order valence-electron chi connectivity index (χ2n) is 8.35. The van der Waals surface area contributed by atoms with Crippen LogP contribution in [0.4, 0.5) is 5.82 Å². The molecule has 142 valence electrons. The normalized spacial score (nSPS) is 17.1. The number of hydrogen-bond acceptors (Lipinski definition) is 4. The third kappa shape index (κ3) is 3.34. The maximum Gasteiger partial charge on any atom is 0.358 e. The summed E-state index contributed by atoms with van der Waals surface area (Å²) in [7, 11) is 0. The standard InChI is InChI=1S/C21H25N3O2S/c1-21(2,3)14-9-10-15-16(11-14)27-20-23-17(19(25)26)18(24(15)20)22-12-13-7-5-4-6-8-13/h4-8,14,22H,9-12H2,1-3H3,(H,25,26). The number of nitrogens with zero attached hydrogens (tertiary/aromatic N) is 2. The average molecular weight is 384 g/mol. The Bertz CT molecular complexity index is 982. The van der Waals surface area contributed by atoms with Gasteiger partial charge >= 0.3 is 5.97 Å². The van der Waals surface area contributed by atoms with E-state index in [1.54, 1.807) is 11.3 Å². The van der Waals surface area contributed by atoms with Gasteiger partial charge in [-0.15, -0.1) is 11.3 Å². The summed E-state index contributed by atoms with van der Waals surface area (Å²) in [4.78, 5) is 18.3. The number of imidazole rings is 1. The molecule has 1 aliphatic rings. The van der Waals surface area contributed by atoms with Gasteiger partial charge in [0.15, 0.2) is 10.7 Å². The lowest BCUT2D eigenvalue weighted by atomic mass is 9.73. The molecule has 0 fully saturated rings. The number of hydrogen-bond donors (Lipinski definition) is 2. The van der Waals surface area contributed by atoms with Gasteiger partial charge in [-0.1, -0.05) is 51.1 Å². The number of nitrogens with one attached hydrogen (secondary N) is 1. The molecule has 0 saturated heterocycles. The van der Waals surface area contributed by atoms with Crippen LogP contribution in [-0.4, -0.2) is 20.5 Å². The summed E-state index contributed by atoms with van der Waals surface area (Å²) in [5, 5.41) is 13.0. The minimum atomic E-state index is -0.987. The number of carboxylic acid groups (broad SMARTS) is 1. The molecule has 3 aromatic rings. The molecular formula is C21H25N3O2S. The topological polar surface area (TPSA) is 66.6 Å². The van der Waals surface area contributed by atoms with Crippen molar-refractivity contribution in [2.45, 2.75) is 46.6 Å². The molecule has 0 bridgehead atoms. The van der Waals surface area contributed by atoms with Crippen molar-refractivity contribution in [3.05, 3.63) is 52.2 Å². The Morgan fingerprint density at radius 3 is 2.74 bits per heavy atom. The first-order valence-corrected chi connectivity index (χ1v) is 10.2. The van der Waals surface area contributed by atoms with E-state index in [-0.39, 0.29) is 11.1 Å². The number of benzene rings is 1. The Balaban J connectivity index is 1.72. The van der Waals surface area contributed by atoms with Crippen molar-refractivity contribution in [2.24, 2.45) is 11.3 Å². The first-order chi connectivity index (χ1) is 12.8. The fourth-order valence-electron chi connectivity index (χ4n) is 3.89. The molecule has 1 unspecified atom stereocenters. The minimum absolute atomic E-state index is 0.109. The molecule has 5 nitrogen and oxygen atoms in total. The van der Waals surface area contributed by atoms with Gasteiger partial charge in [0.1, 0.15) is 5.82 Å². The van der Waals surface area contributed by atoms with E-state index >= 15 is 0 Å². The van der Waals surface area contributed by atoms with E-state index in [1.165, 1.54) is 10.6 Å². The number of carboxylic acids is 1. The van der Waals surface area contributed by atoms with E-state index in [0.29, 0.717) is 18.3 Å². The second-order valence-corrected chi connectivity index (χ2v) is 9.41. The number of rotatable bonds is 4. The lowest BCUT2D eigenvalue weighted by molar-refractivity contribution is 0.0692. The van der Waals surface area contributed by atoms with E-state index in [4.69, 9.17) is 0 Å². The number of aromatic carboxylic acids is 1. The largest absolute Gasteiger partial charge is 0.476 e. The summed E-state index contributed by atoms with van der Waals surface area (Å²) in [6, 6.07) is 10.0. The minimum Gasteiger partial charge on any atom is -0.476 e. The highest BCUT2D eigenvalue weighted by Crippen LogP contribution is 2.41. The zero-order chi connectivity index (χ0) is 19.2. The van der Waals surface area contributed by atoms with Gasteiger partial charge in [-0.05, 0) is 36.2 Å². The number of carbonyl (C=O) groups is 1. The summed E-state index contributed by atoms with van der Waals surface area (Å²) in [6.07, 6.45) is 3.14. The molecule has 2 heterocycles. The van der Waals surface area contributed by atoms with Crippen LogP contribution in [0.1, 0.15) is 53.8 Å². The highest BCUT2D eigenvalue weighted by atomic mass is 32.1. The molecule has 2 N–H and O–H groups in total. The molecule has 0 amide bonds. The molecule has 1 atom stereocenters. The third-order valence-electron chi connectivity index (χ3n) is 5.54. The van der Waals surface area contributed by atoms with Gasteiger partial charge in [0.25, 0.3) is 0 Å². The van der Waals surface area contributed by atoms with Gasteiger partial charge in [-0.3, -0.25) is 4.40 Å². The molecular weight excluding hydrogens is 358 g/mol. The Labute approximate surface area is 163 Å². The van der Waals surface area contributed by atoms with E-state index in [1.807, 2.05) is 34.7 Å². The van der Waals surface area contributed by atoms with E-state index in [9.17, 15) is 9.90 Å². The predicted octanol–water partition coefficient (Wildman–Crippen LogP) is 4.86. The Kier molecular flexibility index (Phi) is 4.46. The van der Waals surface area contributed by atoms with Crippen LogP contribution in [0.2, 0.25) is 0 Å². The monoisotopic (exact) mass is 383 g/mol. The van der Waals surface area contributed by atoms with Crippen LogP contribution in [-0.2, 0) is 19.4 Å². The van der Waals surface area contributed by atoms with Gasteiger partial charge in [0.05, 0.1) is 0 Å². The second kappa shape index (κ2) is 6.68. The summed E-state index contributed by atoms with van der Waals surface area (Å²) in [5.74, 6) is 0.264. The Hall–Kier alpha value is -2.34. The maximum absolute atomic E-state index is 11.7. The van der Waals surface area contributed by atoms with Crippen molar-refractivity contribution in [3.8, 4) is 0 Å². The molecule has 2 aromatic heterocycles. The third-order valence-corrected chi connectivity index (χ3v) is 6.65. The van der Waals surface area contributed by atoms with Crippen LogP contribution in [0.3, 0.4) is 0 Å². The first-order valence-electron chi connectivity index (χ1n) is 9.38. The smallest absolute Gasteiger partial charge is 0.358 e. The maximum atomic E-state index is 11.7. The van der Waals surface area contributed by atoms with Crippen molar-refractivity contribution >= 4 is 28.1 Å². The zero-order valence-electron chi connectivity index (χ0n) is 16.0. The van der Waals surface area contributed by atoms with Crippen molar-refractivity contribution < 1.29 is 9.90 Å². The van der Waals surface area contributed by atoms with E-state index in [0.717, 1.165) is 29.8 Å². The zero-order valence-corrected chi connectivity index (χ0v) is 16.8. The molecule has 0 aliphatic heterocycles. The van der Waals surface area contributed by atoms with Crippen LogP contribution in [0, 0.1) is 11.3 Å². The SMILES string of the molecule is CC(C)(C)C1CCc2c(sc3nc(C(=O)O)c(NCc4ccccc4)n23)C1. The van der Waals surface area contributed by atoms with Crippen LogP contribution >= 0.6 is 11.3 Å². The summed E-state index contributed by atoms with van der Waals surface area (Å²) in [5.41, 5.74) is 2.73. The number of fused-ring (bicyclic) bond motifs is 3. The molecule has 1 aromatic carbocycles. The highest BCUT2D eigenvalue weighted by Gasteiger charge is 2.33. The molecule has 4 rings (SSSR count). The Morgan fingerprint density at radius 2 is 2.07 bits per heavy atom. The van der Waals surface area contributed by atoms with Gasteiger partial charge < -0.3 is 10.4 Å². The van der Waals surface area contributed by atoms with Gasteiger partial charge in [-0.2, -0.15) is 0 Å². The molecule has 1 aliphatic carbocycles. The number of thiazole rings is 1. The molecule has 0 radical (unpaired) electrons. The number of aryl methyl sites for hydroxylation is 1. The van der Waals surface area contributed by atoms with Crippen LogP contribution in [0.15, 0.2) is 30.3 Å². The van der Waals surface area contributed by atoms with Crippen molar-refractivity contribution in [1.29, 1.82) is 0 Å². The van der Waals surface area contributed by atoms with Crippen LogP contribution in [0.25, 0.3) is 4.96 Å². The van der Waals surface area contributed by atoms with Crippen LogP contribution in [0.5, 0.6) is 0 Å². The van der Waals surface area contributed by atoms with Crippen LogP contribution < -0.4 is 5.32 Å². The predicted molar refractivity (Wildman–Crippen MR) is 109 cm³/mol. The lowest BCUT2D eigenvalue weighted by Gasteiger charge is -2.33. The quantitative estimate of drug-likeness (QED) is 0.675.